The van der Waals surface area contributed by atoms with Crippen LogP contribution < -0.4 is 5.32 Å². The standard InChI is InChI=1S/C12H20N2O4/c1-8(2)6-9(3)13-12(16)5-4-10(15)7-11(12)14(17)18/h4-5,7-9,11,13,15-16H,6H2,1-3H3. The van der Waals surface area contributed by atoms with E-state index in [1.54, 1.807) is 0 Å². The number of nitrogens with zero attached hydrogens (tertiary/aromatic N) is 1. The lowest BCUT2D eigenvalue weighted by Crippen LogP contribution is -2.59. The molecular formula is C12H20N2O4. The molecule has 1 aliphatic rings. The number of hydrogen-bond donors (Lipinski definition) is 3. The molecule has 102 valence electrons. The molecule has 0 bridgehead atoms. The summed E-state index contributed by atoms with van der Waals surface area (Å²) in [4.78, 5) is 10.3. The molecule has 6 heteroatoms. The Labute approximate surface area is 106 Å². The summed E-state index contributed by atoms with van der Waals surface area (Å²) in [6, 6.07) is -1.46. The highest BCUT2D eigenvalue weighted by molar-refractivity contribution is 5.26. The van der Waals surface area contributed by atoms with Gasteiger partial charge in [-0.1, -0.05) is 13.8 Å². The van der Waals surface area contributed by atoms with Crippen molar-refractivity contribution in [2.75, 3.05) is 0 Å². The van der Waals surface area contributed by atoms with Gasteiger partial charge >= 0.3 is 0 Å². The fourth-order valence-electron chi connectivity index (χ4n) is 2.17. The Morgan fingerprint density at radius 2 is 2.17 bits per heavy atom. The average Bonchev–Trinajstić information content (AvgIpc) is 2.20. The van der Waals surface area contributed by atoms with Crippen molar-refractivity contribution >= 4 is 0 Å². The Balaban J connectivity index is 2.83. The number of rotatable bonds is 5. The van der Waals surface area contributed by atoms with Gasteiger partial charge in [-0.25, -0.2) is 0 Å². The smallest absolute Gasteiger partial charge is 0.280 e. The summed E-state index contributed by atoms with van der Waals surface area (Å²) in [5.74, 6) is 0.210. The van der Waals surface area contributed by atoms with Crippen molar-refractivity contribution < 1.29 is 15.1 Å². The minimum absolute atomic E-state index is 0.0734. The van der Waals surface area contributed by atoms with Gasteiger partial charge in [-0.05, 0) is 31.4 Å². The van der Waals surface area contributed by atoms with Gasteiger partial charge in [0, 0.05) is 17.0 Å². The second-order valence-electron chi connectivity index (χ2n) is 5.16. The molecular weight excluding hydrogens is 236 g/mol. The molecule has 1 aliphatic carbocycles. The monoisotopic (exact) mass is 256 g/mol. The van der Waals surface area contributed by atoms with Crippen molar-refractivity contribution in [3.8, 4) is 0 Å². The van der Waals surface area contributed by atoms with Gasteiger partial charge in [0.25, 0.3) is 6.04 Å². The molecule has 18 heavy (non-hydrogen) atoms. The largest absolute Gasteiger partial charge is 0.508 e. The van der Waals surface area contributed by atoms with Gasteiger partial charge in [-0.15, -0.1) is 0 Å². The number of nitrogens with one attached hydrogen (secondary N) is 1. The second kappa shape index (κ2) is 5.49. The van der Waals surface area contributed by atoms with E-state index in [9.17, 15) is 20.3 Å². The van der Waals surface area contributed by atoms with Gasteiger partial charge in [0.05, 0.1) is 0 Å². The molecule has 0 radical (unpaired) electrons. The van der Waals surface area contributed by atoms with Gasteiger partial charge in [-0.3, -0.25) is 15.4 Å². The van der Waals surface area contributed by atoms with E-state index in [0.29, 0.717) is 5.92 Å². The molecule has 0 heterocycles. The van der Waals surface area contributed by atoms with Crippen LogP contribution in [0.2, 0.25) is 0 Å². The van der Waals surface area contributed by atoms with Crippen LogP contribution in [0.1, 0.15) is 27.2 Å². The zero-order chi connectivity index (χ0) is 13.9. The van der Waals surface area contributed by atoms with Gasteiger partial charge in [0.15, 0.2) is 0 Å². The summed E-state index contributed by atoms with van der Waals surface area (Å²) >= 11 is 0. The molecule has 3 atom stereocenters. The molecule has 0 aromatic rings. The summed E-state index contributed by atoms with van der Waals surface area (Å²) in [5, 5.41) is 33.4. The van der Waals surface area contributed by atoms with Crippen molar-refractivity contribution in [2.24, 2.45) is 5.92 Å². The van der Waals surface area contributed by atoms with Crippen molar-refractivity contribution in [3.63, 3.8) is 0 Å². The molecule has 6 nitrogen and oxygen atoms in total. The van der Waals surface area contributed by atoms with E-state index in [2.05, 4.69) is 5.32 Å². The first kappa shape index (κ1) is 14.7. The van der Waals surface area contributed by atoms with E-state index < -0.39 is 16.7 Å². The minimum Gasteiger partial charge on any atom is -0.508 e. The summed E-state index contributed by atoms with van der Waals surface area (Å²) in [6.45, 7) is 5.94. The van der Waals surface area contributed by atoms with Crippen molar-refractivity contribution in [1.29, 1.82) is 0 Å². The molecule has 0 spiro atoms. The van der Waals surface area contributed by atoms with E-state index >= 15 is 0 Å². The molecule has 1 rings (SSSR count). The van der Waals surface area contributed by atoms with Crippen LogP contribution in [0.4, 0.5) is 0 Å². The van der Waals surface area contributed by atoms with Gasteiger partial charge in [0.2, 0.25) is 5.72 Å². The maximum Gasteiger partial charge on any atom is 0.280 e. The Bertz CT molecular complexity index is 378. The third-order valence-corrected chi connectivity index (χ3v) is 2.82. The Hall–Kier alpha value is -1.40. The van der Waals surface area contributed by atoms with Gasteiger partial charge in [0.1, 0.15) is 5.76 Å². The maximum atomic E-state index is 10.9. The van der Waals surface area contributed by atoms with Gasteiger partial charge < -0.3 is 10.2 Å². The predicted octanol–water partition coefficient (Wildman–Crippen LogP) is 1.36. The number of aliphatic hydroxyl groups is 2. The normalized spacial score (nSPS) is 29.2. The van der Waals surface area contributed by atoms with Crippen LogP contribution in [0, 0.1) is 16.0 Å². The van der Waals surface area contributed by atoms with E-state index in [1.165, 1.54) is 12.2 Å². The van der Waals surface area contributed by atoms with Crippen molar-refractivity contribution in [1.82, 2.24) is 5.32 Å². The minimum atomic E-state index is -1.76. The summed E-state index contributed by atoms with van der Waals surface area (Å²) in [7, 11) is 0. The SMILES string of the molecule is CC(C)CC(C)NC1(O)C=CC(O)=CC1[N+](=O)[O-]. The molecule has 0 aliphatic heterocycles. The van der Waals surface area contributed by atoms with Crippen LogP contribution in [0.15, 0.2) is 24.0 Å². The highest BCUT2D eigenvalue weighted by Gasteiger charge is 2.45. The van der Waals surface area contributed by atoms with Crippen molar-refractivity contribution in [2.45, 2.75) is 45.0 Å². The van der Waals surface area contributed by atoms with Crippen LogP contribution in [0.3, 0.4) is 0 Å². The van der Waals surface area contributed by atoms with Crippen LogP contribution in [-0.2, 0) is 0 Å². The zero-order valence-corrected chi connectivity index (χ0v) is 10.8. The summed E-state index contributed by atoms with van der Waals surface area (Å²) in [6.07, 6.45) is 4.31. The van der Waals surface area contributed by atoms with Crippen LogP contribution in [0.5, 0.6) is 0 Å². The van der Waals surface area contributed by atoms with E-state index in [4.69, 9.17) is 0 Å². The Morgan fingerprint density at radius 1 is 1.56 bits per heavy atom. The maximum absolute atomic E-state index is 10.9. The molecule has 0 saturated heterocycles. The van der Waals surface area contributed by atoms with E-state index in [1.807, 2.05) is 20.8 Å². The number of hydrogen-bond acceptors (Lipinski definition) is 5. The predicted molar refractivity (Wildman–Crippen MR) is 67.6 cm³/mol. The highest BCUT2D eigenvalue weighted by atomic mass is 16.6. The fraction of sp³-hybridized carbons (Fsp3) is 0.667. The van der Waals surface area contributed by atoms with Crippen LogP contribution >= 0.6 is 0 Å². The zero-order valence-electron chi connectivity index (χ0n) is 10.8. The summed E-state index contributed by atoms with van der Waals surface area (Å²) in [5.41, 5.74) is -1.76. The number of aliphatic hydroxyl groups excluding tert-OH is 1. The highest BCUT2D eigenvalue weighted by Crippen LogP contribution is 2.22. The molecule has 0 aromatic carbocycles. The molecule has 0 fully saturated rings. The number of allylic oxidation sites excluding steroid dienone is 1. The quantitative estimate of drug-likeness (QED) is 0.392. The van der Waals surface area contributed by atoms with Gasteiger partial charge in [-0.2, -0.15) is 0 Å². The first-order valence-electron chi connectivity index (χ1n) is 5.98. The lowest BCUT2D eigenvalue weighted by atomic mass is 9.95. The fourth-order valence-corrected chi connectivity index (χ4v) is 2.17. The molecule has 0 amide bonds. The molecule has 3 unspecified atom stereocenters. The summed E-state index contributed by atoms with van der Waals surface area (Å²) < 4.78 is 0. The third kappa shape index (κ3) is 3.54. The average molecular weight is 256 g/mol. The molecule has 0 aromatic heterocycles. The first-order chi connectivity index (χ1) is 8.24. The van der Waals surface area contributed by atoms with E-state index in [0.717, 1.165) is 12.5 Å². The third-order valence-electron chi connectivity index (χ3n) is 2.82. The van der Waals surface area contributed by atoms with Crippen molar-refractivity contribution in [3.05, 3.63) is 34.1 Å². The Morgan fingerprint density at radius 3 is 2.67 bits per heavy atom. The van der Waals surface area contributed by atoms with E-state index in [-0.39, 0.29) is 11.8 Å². The topological polar surface area (TPSA) is 95.6 Å². The molecule has 3 N–H and O–H groups in total. The van der Waals surface area contributed by atoms with Crippen LogP contribution in [-0.4, -0.2) is 32.9 Å². The lowest BCUT2D eigenvalue weighted by Gasteiger charge is -2.32. The van der Waals surface area contributed by atoms with Crippen LogP contribution in [0.25, 0.3) is 0 Å². The lowest BCUT2D eigenvalue weighted by molar-refractivity contribution is -0.531. The molecule has 0 saturated carbocycles. The number of nitro groups is 1. The second-order valence-corrected chi connectivity index (χ2v) is 5.16. The first-order valence-corrected chi connectivity index (χ1v) is 5.98. The Kier molecular flexibility index (Phi) is 4.48.